The van der Waals surface area contributed by atoms with E-state index in [4.69, 9.17) is 0 Å². The van der Waals surface area contributed by atoms with Gasteiger partial charge in [-0.3, -0.25) is 0 Å². The number of benzene rings is 7. The first-order valence-corrected chi connectivity index (χ1v) is 15.1. The third kappa shape index (κ3) is 3.82. The molecule has 0 aliphatic heterocycles. The number of hydrogen-bond acceptors (Lipinski definition) is 0. The van der Waals surface area contributed by atoms with Crippen molar-refractivity contribution in [2.24, 2.45) is 0 Å². The second-order valence-corrected chi connectivity index (χ2v) is 11.4. The van der Waals surface area contributed by atoms with Gasteiger partial charge in [0.2, 0.25) is 0 Å². The first kappa shape index (κ1) is 24.7. The van der Waals surface area contributed by atoms with Crippen LogP contribution in [0.15, 0.2) is 170 Å². The fraction of sp³-hybridized carbons (Fsp3) is 0. The van der Waals surface area contributed by atoms with Crippen molar-refractivity contribution in [1.82, 2.24) is 9.13 Å². The molecule has 2 nitrogen and oxygen atoms in total. The molecule has 0 amide bonds. The minimum Gasteiger partial charge on any atom is -0.309 e. The quantitative estimate of drug-likeness (QED) is 0.203. The summed E-state index contributed by atoms with van der Waals surface area (Å²) in [5.41, 5.74) is 12.1. The van der Waals surface area contributed by atoms with Crippen LogP contribution in [0.4, 0.5) is 0 Å². The van der Waals surface area contributed by atoms with Crippen LogP contribution in [0.3, 0.4) is 0 Å². The van der Waals surface area contributed by atoms with Gasteiger partial charge in [0.1, 0.15) is 0 Å². The standard InChI is InChI=1S/C42H28N2/c1-2-15-33(16-3-1)43-41-23-9-6-20-37(41)38-28-32(24-25-42(38)43)30-13-10-12-29(26-30)31-14-11-17-34(27-31)44-39-21-7-4-18-35(39)36-19-5-8-22-40(36)44/h1-28H. The van der Waals surface area contributed by atoms with Crippen molar-refractivity contribution < 1.29 is 0 Å². The highest BCUT2D eigenvalue weighted by Gasteiger charge is 2.14. The molecule has 2 heterocycles. The van der Waals surface area contributed by atoms with Crippen molar-refractivity contribution in [2.45, 2.75) is 0 Å². The topological polar surface area (TPSA) is 9.86 Å². The molecule has 0 saturated heterocycles. The third-order valence-corrected chi connectivity index (χ3v) is 8.90. The number of aromatic nitrogens is 2. The van der Waals surface area contributed by atoms with E-state index in [-0.39, 0.29) is 0 Å². The fourth-order valence-corrected chi connectivity index (χ4v) is 6.91. The summed E-state index contributed by atoms with van der Waals surface area (Å²) in [4.78, 5) is 0. The summed E-state index contributed by atoms with van der Waals surface area (Å²) in [6.07, 6.45) is 0. The van der Waals surface area contributed by atoms with Gasteiger partial charge in [0.05, 0.1) is 22.1 Å². The van der Waals surface area contributed by atoms with Gasteiger partial charge in [-0.1, -0.05) is 109 Å². The van der Waals surface area contributed by atoms with Gasteiger partial charge in [0.25, 0.3) is 0 Å². The Labute approximate surface area is 255 Å². The van der Waals surface area contributed by atoms with E-state index in [1.165, 1.54) is 77.2 Å². The Bertz CT molecular complexity index is 2440. The van der Waals surface area contributed by atoms with Crippen LogP contribution in [0.1, 0.15) is 0 Å². The van der Waals surface area contributed by atoms with Gasteiger partial charge < -0.3 is 9.13 Å². The summed E-state index contributed by atoms with van der Waals surface area (Å²) in [5, 5.41) is 5.09. The van der Waals surface area contributed by atoms with Crippen LogP contribution in [0.2, 0.25) is 0 Å². The van der Waals surface area contributed by atoms with E-state index in [0.29, 0.717) is 0 Å². The van der Waals surface area contributed by atoms with Crippen molar-refractivity contribution in [3.05, 3.63) is 170 Å². The molecule has 9 rings (SSSR count). The molecule has 2 aromatic heterocycles. The first-order valence-electron chi connectivity index (χ1n) is 15.1. The van der Waals surface area contributed by atoms with E-state index in [9.17, 15) is 0 Å². The molecule has 0 bridgehead atoms. The van der Waals surface area contributed by atoms with Gasteiger partial charge >= 0.3 is 0 Å². The summed E-state index contributed by atoms with van der Waals surface area (Å²) in [7, 11) is 0. The summed E-state index contributed by atoms with van der Waals surface area (Å²) in [6.45, 7) is 0. The molecule has 9 aromatic rings. The molecule has 206 valence electrons. The highest BCUT2D eigenvalue weighted by atomic mass is 15.0. The highest BCUT2D eigenvalue weighted by Crippen LogP contribution is 2.37. The lowest BCUT2D eigenvalue weighted by Gasteiger charge is -2.11. The Morgan fingerprint density at radius 3 is 1.32 bits per heavy atom. The molecule has 0 N–H and O–H groups in total. The summed E-state index contributed by atoms with van der Waals surface area (Å²) < 4.78 is 4.75. The van der Waals surface area contributed by atoms with Crippen LogP contribution >= 0.6 is 0 Å². The molecule has 0 atom stereocenters. The molecule has 0 aliphatic rings. The van der Waals surface area contributed by atoms with Crippen molar-refractivity contribution in [3.8, 4) is 33.6 Å². The molecule has 0 unspecified atom stereocenters. The number of para-hydroxylation sites is 4. The molecule has 2 heteroatoms. The Morgan fingerprint density at radius 2 is 0.682 bits per heavy atom. The molecule has 0 radical (unpaired) electrons. The zero-order valence-corrected chi connectivity index (χ0v) is 24.1. The Hall–Kier alpha value is -5.86. The second-order valence-electron chi connectivity index (χ2n) is 11.4. The SMILES string of the molecule is c1ccc(-n2c3ccccc3c3cc(-c4cccc(-c5cccc(-n6c7ccccc7c7ccccc76)c5)c4)ccc32)cc1. The van der Waals surface area contributed by atoms with E-state index in [1.54, 1.807) is 0 Å². The van der Waals surface area contributed by atoms with Crippen LogP contribution in [0.25, 0.3) is 77.2 Å². The molecule has 0 spiro atoms. The Kier molecular flexibility index (Phi) is 5.54. The summed E-state index contributed by atoms with van der Waals surface area (Å²) in [5.74, 6) is 0. The summed E-state index contributed by atoms with van der Waals surface area (Å²) in [6, 6.07) is 61.4. The third-order valence-electron chi connectivity index (χ3n) is 8.90. The first-order chi connectivity index (χ1) is 21.8. The minimum absolute atomic E-state index is 1.17. The maximum atomic E-state index is 2.38. The van der Waals surface area contributed by atoms with Crippen molar-refractivity contribution in [3.63, 3.8) is 0 Å². The molecule has 7 aromatic carbocycles. The molecule has 44 heavy (non-hydrogen) atoms. The molecular weight excluding hydrogens is 532 g/mol. The Morgan fingerprint density at radius 1 is 0.250 bits per heavy atom. The normalized spacial score (nSPS) is 11.6. The van der Waals surface area contributed by atoms with E-state index in [0.717, 1.165) is 0 Å². The van der Waals surface area contributed by atoms with E-state index in [2.05, 4.69) is 179 Å². The second kappa shape index (κ2) is 9.86. The lowest BCUT2D eigenvalue weighted by Crippen LogP contribution is -1.94. The van der Waals surface area contributed by atoms with Gasteiger partial charge in [-0.05, 0) is 82.9 Å². The van der Waals surface area contributed by atoms with Gasteiger partial charge in [-0.15, -0.1) is 0 Å². The fourth-order valence-electron chi connectivity index (χ4n) is 6.91. The zero-order chi connectivity index (χ0) is 29.0. The highest BCUT2D eigenvalue weighted by molar-refractivity contribution is 6.11. The average Bonchev–Trinajstić information content (AvgIpc) is 3.61. The number of nitrogens with zero attached hydrogens (tertiary/aromatic N) is 2. The monoisotopic (exact) mass is 560 g/mol. The largest absolute Gasteiger partial charge is 0.309 e. The maximum Gasteiger partial charge on any atom is 0.0541 e. The van der Waals surface area contributed by atoms with E-state index >= 15 is 0 Å². The van der Waals surface area contributed by atoms with Crippen LogP contribution < -0.4 is 0 Å². The molecular formula is C42H28N2. The Balaban J connectivity index is 1.17. The summed E-state index contributed by atoms with van der Waals surface area (Å²) >= 11 is 0. The van der Waals surface area contributed by atoms with Crippen LogP contribution in [-0.2, 0) is 0 Å². The lowest BCUT2D eigenvalue weighted by atomic mass is 9.97. The van der Waals surface area contributed by atoms with Crippen LogP contribution in [0, 0.1) is 0 Å². The average molecular weight is 561 g/mol. The lowest BCUT2D eigenvalue weighted by molar-refractivity contribution is 1.18. The van der Waals surface area contributed by atoms with Crippen molar-refractivity contribution in [1.29, 1.82) is 0 Å². The van der Waals surface area contributed by atoms with Crippen LogP contribution in [0.5, 0.6) is 0 Å². The molecule has 0 saturated carbocycles. The number of hydrogen-bond donors (Lipinski definition) is 0. The van der Waals surface area contributed by atoms with Gasteiger partial charge in [0.15, 0.2) is 0 Å². The van der Waals surface area contributed by atoms with E-state index < -0.39 is 0 Å². The number of rotatable bonds is 4. The maximum absolute atomic E-state index is 2.38. The van der Waals surface area contributed by atoms with Crippen molar-refractivity contribution in [2.75, 3.05) is 0 Å². The van der Waals surface area contributed by atoms with Gasteiger partial charge in [0, 0.05) is 32.9 Å². The minimum atomic E-state index is 1.17. The van der Waals surface area contributed by atoms with Gasteiger partial charge in [-0.25, -0.2) is 0 Å². The van der Waals surface area contributed by atoms with Crippen molar-refractivity contribution >= 4 is 43.6 Å². The predicted molar refractivity (Wildman–Crippen MR) is 186 cm³/mol. The van der Waals surface area contributed by atoms with E-state index in [1.807, 2.05) is 0 Å². The van der Waals surface area contributed by atoms with Crippen LogP contribution in [-0.4, -0.2) is 9.13 Å². The number of fused-ring (bicyclic) bond motifs is 6. The van der Waals surface area contributed by atoms with Gasteiger partial charge in [-0.2, -0.15) is 0 Å². The molecule has 0 fully saturated rings. The zero-order valence-electron chi connectivity index (χ0n) is 24.1. The smallest absolute Gasteiger partial charge is 0.0541 e. The predicted octanol–water partition coefficient (Wildman–Crippen LogP) is 11.2. The molecule has 0 aliphatic carbocycles.